The van der Waals surface area contributed by atoms with Crippen LogP contribution in [0, 0.1) is 0 Å². The molecular formula is C23H24N2O4S. The summed E-state index contributed by atoms with van der Waals surface area (Å²) >= 11 is 1.55. The molecule has 6 nitrogen and oxygen atoms in total. The van der Waals surface area contributed by atoms with Crippen LogP contribution in [0.5, 0.6) is 11.5 Å². The highest BCUT2D eigenvalue weighted by atomic mass is 32.1. The molecular weight excluding hydrogens is 400 g/mol. The molecule has 30 heavy (non-hydrogen) atoms. The van der Waals surface area contributed by atoms with Gasteiger partial charge in [0.1, 0.15) is 0 Å². The number of ether oxygens (including phenoxy) is 3. The number of carbonyl (C=O) groups excluding carboxylic acids is 1. The van der Waals surface area contributed by atoms with Crippen molar-refractivity contribution in [3.8, 4) is 11.5 Å². The zero-order valence-electron chi connectivity index (χ0n) is 17.1. The summed E-state index contributed by atoms with van der Waals surface area (Å²) in [6.07, 6.45) is 2.00. The lowest BCUT2D eigenvalue weighted by atomic mass is 10.0. The van der Waals surface area contributed by atoms with Gasteiger partial charge >= 0.3 is 0 Å². The van der Waals surface area contributed by atoms with E-state index in [0.717, 1.165) is 29.7 Å². The zero-order chi connectivity index (χ0) is 20.7. The second-order valence-electron chi connectivity index (χ2n) is 7.96. The molecule has 0 N–H and O–H groups in total. The van der Waals surface area contributed by atoms with E-state index >= 15 is 0 Å². The fourth-order valence-electron chi connectivity index (χ4n) is 3.96. The van der Waals surface area contributed by atoms with E-state index in [0.29, 0.717) is 34.7 Å². The van der Waals surface area contributed by atoms with Gasteiger partial charge < -0.3 is 14.2 Å². The molecule has 2 aromatic carbocycles. The van der Waals surface area contributed by atoms with Gasteiger partial charge in [0, 0.05) is 12.2 Å². The standard InChI is InChI=1S/C23H24N2O4S/c1-14(2)17-6-3-7-20-21(17)24-23(30-20)25(12-16-5-4-10-27-16)22(26)15-8-9-18-19(11-15)29-13-28-18/h3,6-9,11,14,16H,4-5,10,12-13H2,1-2H3. The molecule has 3 aromatic rings. The molecule has 1 aromatic heterocycles. The average Bonchev–Trinajstić information content (AvgIpc) is 3.50. The highest BCUT2D eigenvalue weighted by Crippen LogP contribution is 2.36. The van der Waals surface area contributed by atoms with Crippen molar-refractivity contribution in [1.29, 1.82) is 0 Å². The van der Waals surface area contributed by atoms with Crippen molar-refractivity contribution in [2.24, 2.45) is 0 Å². The largest absolute Gasteiger partial charge is 0.454 e. The van der Waals surface area contributed by atoms with Gasteiger partial charge in [0.05, 0.1) is 22.9 Å². The van der Waals surface area contributed by atoms with Gasteiger partial charge in [-0.2, -0.15) is 0 Å². The number of carbonyl (C=O) groups is 1. The number of nitrogens with zero attached hydrogens (tertiary/aromatic N) is 2. The third-order valence-electron chi connectivity index (χ3n) is 5.57. The number of hydrogen-bond donors (Lipinski definition) is 0. The topological polar surface area (TPSA) is 60.9 Å². The minimum atomic E-state index is -0.103. The van der Waals surface area contributed by atoms with Gasteiger partial charge in [0.25, 0.3) is 5.91 Å². The molecule has 3 heterocycles. The number of benzene rings is 2. The first kappa shape index (κ1) is 19.3. The summed E-state index contributed by atoms with van der Waals surface area (Å²) in [7, 11) is 0. The third kappa shape index (κ3) is 3.52. The SMILES string of the molecule is CC(C)c1cccc2sc(N(CC3CCCO3)C(=O)c3ccc4c(c3)OCO4)nc12. The predicted octanol–water partition coefficient (Wildman–Crippen LogP) is 4.97. The van der Waals surface area contributed by atoms with Crippen molar-refractivity contribution >= 4 is 32.6 Å². The van der Waals surface area contributed by atoms with E-state index in [1.165, 1.54) is 5.56 Å². The fourth-order valence-corrected chi connectivity index (χ4v) is 4.97. The molecule has 0 radical (unpaired) electrons. The molecule has 0 spiro atoms. The first-order valence-corrected chi connectivity index (χ1v) is 11.1. The maximum absolute atomic E-state index is 13.6. The number of amides is 1. The first-order valence-electron chi connectivity index (χ1n) is 10.3. The fraction of sp³-hybridized carbons (Fsp3) is 0.391. The zero-order valence-corrected chi connectivity index (χ0v) is 17.9. The second kappa shape index (κ2) is 7.89. The lowest BCUT2D eigenvalue weighted by molar-refractivity contribution is 0.0917. The van der Waals surface area contributed by atoms with E-state index in [-0.39, 0.29) is 18.8 Å². The monoisotopic (exact) mass is 424 g/mol. The van der Waals surface area contributed by atoms with E-state index in [1.54, 1.807) is 34.4 Å². The van der Waals surface area contributed by atoms with Gasteiger partial charge in [-0.25, -0.2) is 4.98 Å². The molecule has 1 amide bonds. The van der Waals surface area contributed by atoms with Crippen molar-refractivity contribution in [3.63, 3.8) is 0 Å². The Hall–Kier alpha value is -2.64. The normalized spacial score (nSPS) is 17.8. The van der Waals surface area contributed by atoms with Crippen LogP contribution in [0.4, 0.5) is 5.13 Å². The molecule has 2 aliphatic heterocycles. The van der Waals surface area contributed by atoms with Crippen LogP contribution in [-0.2, 0) is 4.74 Å². The van der Waals surface area contributed by atoms with Crippen LogP contribution < -0.4 is 14.4 Å². The van der Waals surface area contributed by atoms with E-state index < -0.39 is 0 Å². The Morgan fingerprint density at radius 1 is 1.23 bits per heavy atom. The number of thiazole rings is 1. The minimum absolute atomic E-state index is 0.0274. The summed E-state index contributed by atoms with van der Waals surface area (Å²) < 4.78 is 17.8. The van der Waals surface area contributed by atoms with Gasteiger partial charge in [-0.05, 0) is 48.6 Å². The minimum Gasteiger partial charge on any atom is -0.454 e. The Balaban J connectivity index is 1.54. The van der Waals surface area contributed by atoms with Crippen LogP contribution in [0.3, 0.4) is 0 Å². The number of anilines is 1. The molecule has 1 atom stereocenters. The maximum atomic E-state index is 13.6. The van der Waals surface area contributed by atoms with Gasteiger partial charge in [0.15, 0.2) is 16.6 Å². The molecule has 2 aliphatic rings. The van der Waals surface area contributed by atoms with Crippen molar-refractivity contribution in [3.05, 3.63) is 47.5 Å². The summed E-state index contributed by atoms with van der Waals surface area (Å²) in [6, 6.07) is 11.6. The smallest absolute Gasteiger partial charge is 0.260 e. The van der Waals surface area contributed by atoms with Gasteiger partial charge in [-0.1, -0.05) is 37.3 Å². The maximum Gasteiger partial charge on any atom is 0.260 e. The van der Waals surface area contributed by atoms with Crippen molar-refractivity contribution in [1.82, 2.24) is 4.98 Å². The quantitative estimate of drug-likeness (QED) is 0.578. The van der Waals surface area contributed by atoms with Crippen molar-refractivity contribution in [2.45, 2.75) is 38.7 Å². The molecule has 0 saturated carbocycles. The summed E-state index contributed by atoms with van der Waals surface area (Å²) in [5.74, 6) is 1.52. The summed E-state index contributed by atoms with van der Waals surface area (Å²) in [5, 5.41) is 0.705. The van der Waals surface area contributed by atoms with Crippen LogP contribution >= 0.6 is 11.3 Å². The van der Waals surface area contributed by atoms with E-state index in [4.69, 9.17) is 19.2 Å². The Labute approximate surface area is 179 Å². The van der Waals surface area contributed by atoms with Crippen LogP contribution in [0.1, 0.15) is 48.5 Å². The number of aromatic nitrogens is 1. The molecule has 7 heteroatoms. The van der Waals surface area contributed by atoms with Crippen LogP contribution in [0.2, 0.25) is 0 Å². The van der Waals surface area contributed by atoms with Crippen molar-refractivity contribution in [2.75, 3.05) is 24.8 Å². The number of hydrogen-bond acceptors (Lipinski definition) is 6. The van der Waals surface area contributed by atoms with Gasteiger partial charge in [0.2, 0.25) is 6.79 Å². The molecule has 1 saturated heterocycles. The van der Waals surface area contributed by atoms with Gasteiger partial charge in [-0.15, -0.1) is 0 Å². The van der Waals surface area contributed by atoms with E-state index in [9.17, 15) is 4.79 Å². The lowest BCUT2D eigenvalue weighted by Crippen LogP contribution is -2.37. The summed E-state index contributed by atoms with van der Waals surface area (Å²) in [6.45, 7) is 5.74. The summed E-state index contributed by atoms with van der Waals surface area (Å²) in [5.41, 5.74) is 2.73. The first-order chi connectivity index (χ1) is 14.6. The second-order valence-corrected chi connectivity index (χ2v) is 8.97. The Morgan fingerprint density at radius 3 is 2.90 bits per heavy atom. The Bertz CT molecular complexity index is 1090. The molecule has 1 unspecified atom stereocenters. The molecule has 1 fully saturated rings. The van der Waals surface area contributed by atoms with Crippen LogP contribution in [-0.4, -0.2) is 36.9 Å². The third-order valence-corrected chi connectivity index (χ3v) is 6.61. The van der Waals surface area contributed by atoms with Crippen LogP contribution in [0.15, 0.2) is 36.4 Å². The molecule has 0 aliphatic carbocycles. The lowest BCUT2D eigenvalue weighted by Gasteiger charge is -2.23. The highest BCUT2D eigenvalue weighted by Gasteiger charge is 2.28. The summed E-state index contributed by atoms with van der Waals surface area (Å²) in [4.78, 5) is 20.2. The van der Waals surface area contributed by atoms with E-state index in [2.05, 4.69) is 32.0 Å². The number of para-hydroxylation sites is 1. The molecule has 156 valence electrons. The average molecular weight is 425 g/mol. The number of rotatable bonds is 5. The molecule has 5 rings (SSSR count). The highest BCUT2D eigenvalue weighted by molar-refractivity contribution is 7.22. The van der Waals surface area contributed by atoms with Crippen molar-refractivity contribution < 1.29 is 19.0 Å². The molecule has 0 bridgehead atoms. The van der Waals surface area contributed by atoms with Gasteiger partial charge in [-0.3, -0.25) is 9.69 Å². The van der Waals surface area contributed by atoms with E-state index in [1.807, 2.05) is 0 Å². The number of fused-ring (bicyclic) bond motifs is 2. The Morgan fingerprint density at radius 2 is 2.10 bits per heavy atom. The predicted molar refractivity (Wildman–Crippen MR) is 117 cm³/mol. The Kier molecular flexibility index (Phi) is 5.08. The van der Waals surface area contributed by atoms with Crippen LogP contribution in [0.25, 0.3) is 10.2 Å².